The molecule has 4 aromatic carbocycles. The van der Waals surface area contributed by atoms with E-state index >= 15 is 0 Å². The second kappa shape index (κ2) is 31.3. The first-order valence-corrected chi connectivity index (χ1v) is 42.5. The van der Waals surface area contributed by atoms with Crippen molar-refractivity contribution in [3.05, 3.63) is 138 Å². The van der Waals surface area contributed by atoms with Crippen LogP contribution in [0, 0.1) is 16.2 Å². The van der Waals surface area contributed by atoms with Crippen LogP contribution in [0.15, 0.2) is 48.5 Å². The monoisotopic (exact) mass is 1450 g/mol. The highest BCUT2D eigenvalue weighted by molar-refractivity contribution is 5.60. The van der Waals surface area contributed by atoms with Crippen LogP contribution in [-0.4, -0.2) is 36.0 Å². The van der Waals surface area contributed by atoms with Gasteiger partial charge in [-0.05, 0) is 231 Å². The van der Waals surface area contributed by atoms with Gasteiger partial charge in [0.2, 0.25) is 0 Å². The molecule has 0 aliphatic carbocycles. The molecule has 0 aromatic heterocycles. The van der Waals surface area contributed by atoms with Crippen molar-refractivity contribution in [3.8, 4) is 0 Å². The summed E-state index contributed by atoms with van der Waals surface area (Å²) in [5, 5.41) is 25.1. The van der Waals surface area contributed by atoms with Gasteiger partial charge in [0.15, 0.2) is 12.6 Å². The normalized spacial score (nSPS) is 21.5. The number of hydrogen-bond donors (Lipinski definition) is 2. The van der Waals surface area contributed by atoms with Gasteiger partial charge in [-0.3, -0.25) is 0 Å². The Morgan fingerprint density at radius 2 is 0.352 bits per heavy atom. The smallest absolute Gasteiger partial charge is 0.166 e. The van der Waals surface area contributed by atoms with Gasteiger partial charge in [-0.2, -0.15) is 0 Å². The summed E-state index contributed by atoms with van der Waals surface area (Å²) in [5.74, 6) is 0. The third kappa shape index (κ3) is 16.6. The molecule has 6 nitrogen and oxygen atoms in total. The van der Waals surface area contributed by atoms with Crippen LogP contribution in [0.5, 0.6) is 0 Å². The lowest BCUT2D eigenvalue weighted by Crippen LogP contribution is -2.62. The molecule has 105 heavy (non-hydrogen) atoms. The van der Waals surface area contributed by atoms with E-state index in [4.69, 9.17) is 18.9 Å². The van der Waals surface area contributed by atoms with Crippen LogP contribution < -0.4 is 0 Å². The Morgan fingerprint density at radius 3 is 0.457 bits per heavy atom. The predicted molar refractivity (Wildman–Crippen MR) is 453 cm³/mol. The maximum atomic E-state index is 12.6. The van der Waals surface area contributed by atoms with Crippen LogP contribution in [0.25, 0.3) is 0 Å². The summed E-state index contributed by atoms with van der Waals surface area (Å²) in [6.07, 6.45) is 5.12. The molecule has 6 rings (SSSR count). The van der Waals surface area contributed by atoms with Gasteiger partial charge >= 0.3 is 0 Å². The quantitative estimate of drug-likeness (QED) is 0.0507. The van der Waals surface area contributed by atoms with Gasteiger partial charge in [0.05, 0.1) is 18.6 Å². The molecule has 6 heteroatoms. The number of hydrogen-bond acceptors (Lipinski definition) is 6. The third-order valence-corrected chi connectivity index (χ3v) is 30.3. The van der Waals surface area contributed by atoms with Crippen LogP contribution in [-0.2, 0) is 83.9 Å². The largest absolute Gasteiger partial charge is 0.396 e. The van der Waals surface area contributed by atoms with Crippen molar-refractivity contribution in [2.45, 2.75) is 456 Å². The molecule has 1 spiro atoms. The molecule has 2 fully saturated rings. The molecule has 2 saturated heterocycles. The first-order valence-electron chi connectivity index (χ1n) is 42.5. The maximum absolute atomic E-state index is 12.6. The molecule has 2 aliphatic rings. The lowest BCUT2D eigenvalue weighted by Gasteiger charge is -2.65. The highest BCUT2D eigenvalue weighted by Crippen LogP contribution is 2.75. The molecule has 0 saturated carbocycles. The van der Waals surface area contributed by atoms with E-state index in [9.17, 15) is 10.2 Å². The van der Waals surface area contributed by atoms with E-state index < -0.39 is 96.6 Å². The first kappa shape index (κ1) is 90.5. The Morgan fingerprint density at radius 1 is 0.229 bits per heavy atom. The average Bonchev–Trinajstić information content (AvgIpc) is 0.667. The zero-order valence-electron chi connectivity index (χ0n) is 76.0. The molecule has 2 N–H and O–H groups in total. The van der Waals surface area contributed by atoms with Gasteiger partial charge in [0, 0.05) is 10.8 Å². The van der Waals surface area contributed by atoms with Gasteiger partial charge < -0.3 is 29.2 Å². The molecule has 2 aliphatic heterocycles. The summed E-state index contributed by atoms with van der Waals surface area (Å²) in [5.41, 5.74) is 12.7. The molecule has 2 heterocycles. The van der Waals surface area contributed by atoms with E-state index in [0.717, 1.165) is 77.0 Å². The van der Waals surface area contributed by atoms with Gasteiger partial charge in [-0.25, -0.2) is 0 Å². The topological polar surface area (TPSA) is 77.4 Å². The molecular weight excluding hydrogens is 1290 g/mol. The van der Waals surface area contributed by atoms with E-state index in [1.165, 1.54) is 89.0 Å². The molecule has 0 bridgehead atoms. The number of benzene rings is 4. The average molecular weight is 1450 g/mol. The van der Waals surface area contributed by atoms with Crippen molar-refractivity contribution in [1.29, 1.82) is 0 Å². The highest BCUT2D eigenvalue weighted by atomic mass is 16.7. The van der Waals surface area contributed by atoms with Crippen LogP contribution in [0.1, 0.15) is 467 Å². The first-order chi connectivity index (χ1) is 47.8. The summed E-state index contributed by atoms with van der Waals surface area (Å²) in [6.45, 7) is 96.3. The molecule has 596 valence electrons. The number of aliphatic hydroxyl groups is 2. The standard InChI is InChI=1S/C99H164O6/c1-41-85(13,14)63-53-67(89(21,22)45-5)75(68(54-63)90(23,24)46-6)79-99(80(103-83(102-79)97(37,38)61-100)76-69(91(25,26)47-7)55-64(86(15,16)42-2)56-70(76)92(27,28)48-8)81(77-71(93(29,30)49-9)57-65(87(17,18)43-3)58-72(77)94(31,32)50-10)104-84(98(39,40)62-101)105-82(99)78-73(95(33,34)51-11)59-66(88(19,20)44-4)60-74(78)96(35,36)52-12/h53-60,79-84,100-101H,41-52,61-62H2,1-40H3. The SMILES string of the molecule is CCC(C)(C)c1cc(C(C)(C)CC)c(C2OC(C(C)(C)CO)OC(c3c(C(C)(C)CC)cc(C(C)(C)CC)cc3C(C)(C)CC)C23C(c2c(C(C)(C)CC)cc(C(C)(C)CC)cc2C(C)(C)CC)OC(C(C)(C)CO)OC3c2c(C(C)(C)CC)cc(C(C)(C)CC)cc2C(C)(C)CC)c(C(C)(C)CC)c1. The molecule has 4 unspecified atom stereocenters. The Kier molecular flexibility index (Phi) is 27.0. The minimum absolute atomic E-state index is 0.193. The molecule has 0 radical (unpaired) electrons. The summed E-state index contributed by atoms with van der Waals surface area (Å²) < 4.78 is 36.2. The Labute approximate surface area is 648 Å². The summed E-state index contributed by atoms with van der Waals surface area (Å²) in [7, 11) is 0. The van der Waals surface area contributed by atoms with E-state index in [1.807, 2.05) is 0 Å². The van der Waals surface area contributed by atoms with Crippen molar-refractivity contribution in [2.75, 3.05) is 13.2 Å². The number of aliphatic hydroxyl groups excluding tert-OH is 2. The van der Waals surface area contributed by atoms with Crippen LogP contribution in [0.3, 0.4) is 0 Å². The fraction of sp³-hybridized carbons (Fsp3) is 0.758. The Hall–Kier alpha value is -3.36. The van der Waals surface area contributed by atoms with E-state index in [0.29, 0.717) is 0 Å². The summed E-state index contributed by atoms with van der Waals surface area (Å²) >= 11 is 0. The van der Waals surface area contributed by atoms with E-state index in [1.54, 1.807) is 0 Å². The van der Waals surface area contributed by atoms with Gasteiger partial charge in [0.1, 0.15) is 24.4 Å². The van der Waals surface area contributed by atoms with Gasteiger partial charge in [0.25, 0.3) is 0 Å². The van der Waals surface area contributed by atoms with Crippen molar-refractivity contribution in [3.63, 3.8) is 0 Å². The predicted octanol–water partition coefficient (Wildman–Crippen LogP) is 28.0. The molecule has 4 atom stereocenters. The molecule has 4 aromatic rings. The second-order valence-electron chi connectivity index (χ2n) is 42.8. The fourth-order valence-corrected chi connectivity index (χ4v) is 16.1. The minimum Gasteiger partial charge on any atom is -0.396 e. The van der Waals surface area contributed by atoms with E-state index in [2.05, 4.69) is 325 Å². The lowest BCUT2D eigenvalue weighted by molar-refractivity contribution is -0.432. The van der Waals surface area contributed by atoms with Gasteiger partial charge in [-0.15, -0.1) is 0 Å². The third-order valence-electron chi connectivity index (χ3n) is 30.3. The van der Waals surface area contributed by atoms with Crippen molar-refractivity contribution in [1.82, 2.24) is 0 Å². The van der Waals surface area contributed by atoms with Crippen molar-refractivity contribution in [2.24, 2.45) is 16.2 Å². The fourth-order valence-electron chi connectivity index (χ4n) is 16.1. The molecule has 0 amide bonds. The number of ether oxygens (including phenoxy) is 4. The maximum Gasteiger partial charge on any atom is 0.166 e. The minimum atomic E-state index is -1.47. The zero-order chi connectivity index (χ0) is 80.6. The second-order valence-corrected chi connectivity index (χ2v) is 42.8. The Bertz CT molecular complexity index is 3030. The van der Waals surface area contributed by atoms with Crippen molar-refractivity contribution < 1.29 is 29.2 Å². The summed E-state index contributed by atoms with van der Waals surface area (Å²) in [4.78, 5) is 0. The van der Waals surface area contributed by atoms with Crippen LogP contribution in [0.4, 0.5) is 0 Å². The van der Waals surface area contributed by atoms with Crippen LogP contribution >= 0.6 is 0 Å². The van der Waals surface area contributed by atoms with Crippen molar-refractivity contribution >= 4 is 0 Å². The zero-order valence-corrected chi connectivity index (χ0v) is 76.0. The number of rotatable bonds is 32. The summed E-state index contributed by atoms with van der Waals surface area (Å²) in [6, 6.07) is 21.1. The molecular formula is C99H164O6. The lowest BCUT2D eigenvalue weighted by atomic mass is 9.52. The highest BCUT2D eigenvalue weighted by Gasteiger charge is 2.72. The van der Waals surface area contributed by atoms with Gasteiger partial charge in [-0.1, -0.05) is 325 Å². The van der Waals surface area contributed by atoms with Crippen LogP contribution in [0.2, 0.25) is 0 Å². The Balaban J connectivity index is 2.48. The van der Waals surface area contributed by atoms with E-state index in [-0.39, 0.29) is 34.9 Å².